The maximum Gasteiger partial charge on any atom is 0.282 e. The van der Waals surface area contributed by atoms with E-state index in [2.05, 4.69) is 35.8 Å². The van der Waals surface area contributed by atoms with Crippen molar-refractivity contribution in [2.45, 2.75) is 6.54 Å². The van der Waals surface area contributed by atoms with Gasteiger partial charge in [-0.3, -0.25) is 14.7 Å². The predicted octanol–water partition coefficient (Wildman–Crippen LogP) is 1.26. The normalized spacial score (nSPS) is 16.0. The lowest BCUT2D eigenvalue weighted by atomic mass is 10.2. The van der Waals surface area contributed by atoms with Crippen LogP contribution < -0.4 is 10.5 Å². The number of aryl methyl sites for hydroxylation is 1. The van der Waals surface area contributed by atoms with Crippen LogP contribution in [0.5, 0.6) is 0 Å². The summed E-state index contributed by atoms with van der Waals surface area (Å²) in [5, 5.41) is 4.11. The molecule has 2 aromatic heterocycles. The molecular weight excluding hydrogens is 346 g/mol. The van der Waals surface area contributed by atoms with Gasteiger partial charge in [0.15, 0.2) is 0 Å². The van der Waals surface area contributed by atoms with Gasteiger partial charge in [-0.2, -0.15) is 5.10 Å². The van der Waals surface area contributed by atoms with Crippen LogP contribution in [0, 0.1) is 0 Å². The molecule has 1 aliphatic heterocycles. The van der Waals surface area contributed by atoms with E-state index in [1.165, 1.54) is 10.2 Å². The number of hydrogen-bond acceptors (Lipinski definition) is 5. The quantitative estimate of drug-likeness (QED) is 0.821. The average molecular weight is 364 g/mol. The van der Waals surface area contributed by atoms with E-state index in [4.69, 9.17) is 0 Å². The fourth-order valence-electron chi connectivity index (χ4n) is 2.62. The van der Waals surface area contributed by atoms with Gasteiger partial charge in [0.05, 0.1) is 11.9 Å². The Bertz CT molecular complexity index is 695. The third-order valence-corrected chi connectivity index (χ3v) is 4.67. The van der Waals surface area contributed by atoms with Crippen molar-refractivity contribution in [3.8, 4) is 0 Å². The van der Waals surface area contributed by atoms with Crippen molar-refractivity contribution in [2.75, 3.05) is 31.1 Å². The molecule has 7 heteroatoms. The number of rotatable bonds is 3. The molecular formula is C15H18BrN5O. The Morgan fingerprint density at radius 1 is 1.18 bits per heavy atom. The molecule has 0 radical (unpaired) electrons. The molecule has 1 fully saturated rings. The molecule has 0 amide bonds. The van der Waals surface area contributed by atoms with E-state index in [0.29, 0.717) is 4.47 Å². The molecule has 0 aliphatic carbocycles. The fourth-order valence-corrected chi connectivity index (χ4v) is 3.23. The molecule has 0 atom stereocenters. The van der Waals surface area contributed by atoms with Crippen LogP contribution in [0.1, 0.15) is 5.56 Å². The summed E-state index contributed by atoms with van der Waals surface area (Å²) in [5.41, 5.74) is 2.06. The van der Waals surface area contributed by atoms with Gasteiger partial charge in [0.1, 0.15) is 4.47 Å². The van der Waals surface area contributed by atoms with Crippen LogP contribution in [0.4, 0.5) is 5.69 Å². The van der Waals surface area contributed by atoms with Crippen LogP contribution in [-0.4, -0.2) is 45.8 Å². The third-order valence-electron chi connectivity index (χ3n) is 3.93. The molecule has 116 valence electrons. The summed E-state index contributed by atoms with van der Waals surface area (Å²) >= 11 is 3.40. The lowest BCUT2D eigenvalue weighted by Gasteiger charge is -2.36. The van der Waals surface area contributed by atoms with Crippen molar-refractivity contribution in [3.05, 3.63) is 51.1 Å². The molecule has 1 saturated heterocycles. The van der Waals surface area contributed by atoms with E-state index < -0.39 is 0 Å². The summed E-state index contributed by atoms with van der Waals surface area (Å²) in [6, 6.07) is 4.10. The van der Waals surface area contributed by atoms with Crippen molar-refractivity contribution in [3.63, 3.8) is 0 Å². The van der Waals surface area contributed by atoms with Crippen molar-refractivity contribution >= 4 is 21.6 Å². The summed E-state index contributed by atoms with van der Waals surface area (Å²) in [7, 11) is 1.66. The molecule has 2 aromatic rings. The minimum atomic E-state index is -0.100. The van der Waals surface area contributed by atoms with Crippen molar-refractivity contribution < 1.29 is 0 Å². The van der Waals surface area contributed by atoms with Gasteiger partial charge >= 0.3 is 0 Å². The van der Waals surface area contributed by atoms with Crippen LogP contribution in [0.25, 0.3) is 0 Å². The SMILES string of the molecule is Cn1ncc(N2CCN(Cc3ccncc3)CC2)c(Br)c1=O. The third kappa shape index (κ3) is 3.20. The van der Waals surface area contributed by atoms with Gasteiger partial charge in [0, 0.05) is 52.2 Å². The molecule has 0 aromatic carbocycles. The van der Waals surface area contributed by atoms with Gasteiger partial charge in [0.2, 0.25) is 0 Å². The van der Waals surface area contributed by atoms with E-state index in [9.17, 15) is 4.79 Å². The summed E-state index contributed by atoms with van der Waals surface area (Å²) < 4.78 is 1.93. The molecule has 1 aliphatic rings. The van der Waals surface area contributed by atoms with E-state index in [0.717, 1.165) is 38.4 Å². The maximum atomic E-state index is 11.9. The number of hydrogen-bond donors (Lipinski definition) is 0. The van der Waals surface area contributed by atoms with Crippen molar-refractivity contribution in [1.29, 1.82) is 0 Å². The molecule has 0 unspecified atom stereocenters. The van der Waals surface area contributed by atoms with E-state index in [-0.39, 0.29) is 5.56 Å². The largest absolute Gasteiger partial charge is 0.367 e. The smallest absolute Gasteiger partial charge is 0.282 e. The monoisotopic (exact) mass is 363 g/mol. The van der Waals surface area contributed by atoms with Gasteiger partial charge in [-0.15, -0.1) is 0 Å². The molecule has 0 N–H and O–H groups in total. The molecule has 3 rings (SSSR count). The van der Waals surface area contributed by atoms with E-state index in [1.54, 1.807) is 13.2 Å². The highest BCUT2D eigenvalue weighted by molar-refractivity contribution is 9.10. The van der Waals surface area contributed by atoms with Crippen molar-refractivity contribution in [1.82, 2.24) is 19.7 Å². The van der Waals surface area contributed by atoms with Crippen LogP contribution >= 0.6 is 15.9 Å². The maximum absolute atomic E-state index is 11.9. The zero-order valence-corrected chi connectivity index (χ0v) is 14.0. The standard InChI is InChI=1S/C15H18BrN5O/c1-19-15(22)14(16)13(10-18-19)21-8-6-20(7-9-21)11-12-2-4-17-5-3-12/h2-5,10H,6-9,11H2,1H3. The van der Waals surface area contributed by atoms with Gasteiger partial charge in [-0.05, 0) is 33.6 Å². The van der Waals surface area contributed by atoms with Gasteiger partial charge in [0.25, 0.3) is 5.56 Å². The molecule has 0 bridgehead atoms. The number of anilines is 1. The Labute approximate surface area is 137 Å². The highest BCUT2D eigenvalue weighted by atomic mass is 79.9. The minimum absolute atomic E-state index is 0.100. The zero-order valence-electron chi connectivity index (χ0n) is 12.4. The Balaban J connectivity index is 1.65. The lowest BCUT2D eigenvalue weighted by molar-refractivity contribution is 0.249. The van der Waals surface area contributed by atoms with Crippen molar-refractivity contribution in [2.24, 2.45) is 7.05 Å². The molecule has 0 saturated carbocycles. The first-order valence-electron chi connectivity index (χ1n) is 7.23. The predicted molar refractivity (Wildman–Crippen MR) is 88.9 cm³/mol. The first-order valence-corrected chi connectivity index (χ1v) is 8.02. The highest BCUT2D eigenvalue weighted by Crippen LogP contribution is 2.22. The Kier molecular flexibility index (Phi) is 4.54. The lowest BCUT2D eigenvalue weighted by Crippen LogP contribution is -2.46. The zero-order chi connectivity index (χ0) is 15.5. The van der Waals surface area contributed by atoms with Crippen LogP contribution in [0.2, 0.25) is 0 Å². The Morgan fingerprint density at radius 3 is 2.55 bits per heavy atom. The topological polar surface area (TPSA) is 54.3 Å². The molecule has 0 spiro atoms. The van der Waals surface area contributed by atoms with Crippen LogP contribution in [0.15, 0.2) is 40.0 Å². The van der Waals surface area contributed by atoms with E-state index >= 15 is 0 Å². The minimum Gasteiger partial charge on any atom is -0.367 e. The van der Waals surface area contributed by atoms with Gasteiger partial charge < -0.3 is 4.90 Å². The first kappa shape index (κ1) is 15.2. The average Bonchev–Trinajstić information content (AvgIpc) is 2.55. The number of piperazine rings is 1. The van der Waals surface area contributed by atoms with Crippen LogP contribution in [-0.2, 0) is 13.6 Å². The summed E-state index contributed by atoms with van der Waals surface area (Å²) in [4.78, 5) is 20.6. The Hall–Kier alpha value is -1.73. The Morgan fingerprint density at radius 2 is 1.86 bits per heavy atom. The highest BCUT2D eigenvalue weighted by Gasteiger charge is 2.20. The van der Waals surface area contributed by atoms with Crippen LogP contribution in [0.3, 0.4) is 0 Å². The summed E-state index contributed by atoms with van der Waals surface area (Å²) in [6.45, 7) is 4.64. The number of nitrogens with zero attached hydrogens (tertiary/aromatic N) is 5. The second kappa shape index (κ2) is 6.58. The number of pyridine rings is 1. The summed E-state index contributed by atoms with van der Waals surface area (Å²) in [6.07, 6.45) is 5.41. The fraction of sp³-hybridized carbons (Fsp3) is 0.400. The molecule has 6 nitrogen and oxygen atoms in total. The molecule has 3 heterocycles. The number of aromatic nitrogens is 3. The number of halogens is 1. The summed E-state index contributed by atoms with van der Waals surface area (Å²) in [5.74, 6) is 0. The first-order chi connectivity index (χ1) is 10.6. The van der Waals surface area contributed by atoms with Gasteiger partial charge in [-0.1, -0.05) is 0 Å². The second-order valence-corrected chi connectivity index (χ2v) is 6.18. The van der Waals surface area contributed by atoms with Gasteiger partial charge in [-0.25, -0.2) is 4.68 Å². The molecule has 22 heavy (non-hydrogen) atoms. The second-order valence-electron chi connectivity index (χ2n) is 5.39. The van der Waals surface area contributed by atoms with E-state index in [1.807, 2.05) is 24.5 Å².